The van der Waals surface area contributed by atoms with Crippen LogP contribution in [-0.2, 0) is 11.8 Å². The third-order valence-electron chi connectivity index (χ3n) is 6.53. The number of ether oxygens (including phenoxy) is 1. The van der Waals surface area contributed by atoms with Crippen molar-refractivity contribution in [2.75, 3.05) is 6.61 Å². The van der Waals surface area contributed by atoms with Crippen LogP contribution >= 0.6 is 0 Å². The SMILES string of the molecule is CCCCCCCCCCCC1=NC(=C2NC(c3ccc(C)n3C)=CC2OCCC)C=C1. The largest absolute Gasteiger partial charge is 0.368 e. The number of unbranched alkanes of at least 4 members (excludes halogenated alkanes) is 8. The number of rotatable bonds is 14. The van der Waals surface area contributed by atoms with Crippen LogP contribution in [0.25, 0.3) is 5.70 Å². The molecule has 1 atom stereocenters. The monoisotopic (exact) mass is 437 g/mol. The van der Waals surface area contributed by atoms with Crippen molar-refractivity contribution in [3.8, 4) is 0 Å². The number of aromatic nitrogens is 1. The lowest BCUT2D eigenvalue weighted by atomic mass is 10.1. The lowest BCUT2D eigenvalue weighted by molar-refractivity contribution is 0.109. The van der Waals surface area contributed by atoms with Crippen molar-refractivity contribution >= 4 is 11.4 Å². The van der Waals surface area contributed by atoms with Gasteiger partial charge in [0, 0.05) is 25.1 Å². The Kier molecular flexibility index (Phi) is 9.86. The summed E-state index contributed by atoms with van der Waals surface area (Å²) < 4.78 is 8.38. The molecule has 4 nitrogen and oxygen atoms in total. The van der Waals surface area contributed by atoms with Crippen LogP contribution < -0.4 is 5.32 Å². The van der Waals surface area contributed by atoms with E-state index in [4.69, 9.17) is 9.73 Å². The third kappa shape index (κ3) is 6.71. The van der Waals surface area contributed by atoms with Crippen molar-refractivity contribution in [1.29, 1.82) is 0 Å². The molecule has 1 aromatic rings. The van der Waals surface area contributed by atoms with Gasteiger partial charge in [-0.1, -0.05) is 65.2 Å². The van der Waals surface area contributed by atoms with Gasteiger partial charge in [0.1, 0.15) is 6.10 Å². The standard InChI is InChI=1S/C28H43N3O/c1-5-7-8-9-10-11-12-13-14-15-23-17-18-24(29-23)28-27(32-20-6-2)21-25(30-28)26-19-16-22(3)31(26)4/h16-19,21,27,30H,5-15,20H2,1-4H3. The van der Waals surface area contributed by atoms with Crippen LogP contribution in [0.3, 0.4) is 0 Å². The highest BCUT2D eigenvalue weighted by Gasteiger charge is 2.27. The Morgan fingerprint density at radius 1 is 0.938 bits per heavy atom. The smallest absolute Gasteiger partial charge is 0.120 e. The van der Waals surface area contributed by atoms with E-state index in [1.54, 1.807) is 0 Å². The van der Waals surface area contributed by atoms with Crippen LogP contribution in [0.5, 0.6) is 0 Å². The Bertz CT molecular complexity index is 856. The molecule has 0 saturated heterocycles. The highest BCUT2D eigenvalue weighted by atomic mass is 16.5. The molecule has 4 heteroatoms. The number of aliphatic imine (C=N–C) groups is 1. The van der Waals surface area contributed by atoms with Crippen LogP contribution in [0.15, 0.2) is 46.7 Å². The van der Waals surface area contributed by atoms with E-state index in [-0.39, 0.29) is 6.10 Å². The molecule has 0 aromatic carbocycles. The average molecular weight is 438 g/mol. The number of aryl methyl sites for hydroxylation is 1. The normalized spacial score (nSPS) is 20.1. The molecular weight excluding hydrogens is 394 g/mol. The first-order valence-electron chi connectivity index (χ1n) is 12.9. The molecule has 0 radical (unpaired) electrons. The summed E-state index contributed by atoms with van der Waals surface area (Å²) in [5, 5.41) is 3.62. The summed E-state index contributed by atoms with van der Waals surface area (Å²) in [5.74, 6) is 0. The summed E-state index contributed by atoms with van der Waals surface area (Å²) >= 11 is 0. The predicted octanol–water partition coefficient (Wildman–Crippen LogP) is 7.22. The van der Waals surface area contributed by atoms with Crippen molar-refractivity contribution in [2.45, 2.75) is 97.5 Å². The quantitative estimate of drug-likeness (QED) is 0.312. The molecule has 1 N–H and O–H groups in total. The van der Waals surface area contributed by atoms with Gasteiger partial charge >= 0.3 is 0 Å². The molecule has 176 valence electrons. The maximum Gasteiger partial charge on any atom is 0.120 e. The minimum Gasteiger partial charge on any atom is -0.368 e. The van der Waals surface area contributed by atoms with Crippen molar-refractivity contribution in [1.82, 2.24) is 9.88 Å². The molecule has 0 fully saturated rings. The zero-order valence-corrected chi connectivity index (χ0v) is 20.8. The molecule has 32 heavy (non-hydrogen) atoms. The van der Waals surface area contributed by atoms with Gasteiger partial charge in [-0.05, 0) is 56.5 Å². The number of nitrogens with one attached hydrogen (secondary N) is 1. The number of hydrogen-bond acceptors (Lipinski definition) is 3. The fourth-order valence-electron chi connectivity index (χ4n) is 4.42. The van der Waals surface area contributed by atoms with Gasteiger partial charge < -0.3 is 14.6 Å². The summed E-state index contributed by atoms with van der Waals surface area (Å²) in [5.41, 5.74) is 6.84. The minimum absolute atomic E-state index is 0.0596. The van der Waals surface area contributed by atoms with Gasteiger partial charge in [-0.2, -0.15) is 0 Å². The first-order chi connectivity index (χ1) is 15.6. The van der Waals surface area contributed by atoms with Crippen LogP contribution in [-0.4, -0.2) is 23.0 Å². The molecule has 0 bridgehead atoms. The summed E-state index contributed by atoms with van der Waals surface area (Å²) in [4.78, 5) is 4.95. The van der Waals surface area contributed by atoms with Gasteiger partial charge in [0.05, 0.1) is 22.8 Å². The second-order valence-corrected chi connectivity index (χ2v) is 9.23. The first kappa shape index (κ1) is 24.6. The average Bonchev–Trinajstić information content (AvgIpc) is 3.50. The Balaban J connectivity index is 1.53. The molecule has 3 heterocycles. The van der Waals surface area contributed by atoms with Crippen molar-refractivity contribution in [3.05, 3.63) is 53.1 Å². The highest BCUT2D eigenvalue weighted by Crippen LogP contribution is 2.30. The van der Waals surface area contributed by atoms with Crippen LogP contribution in [0.2, 0.25) is 0 Å². The Morgan fingerprint density at radius 3 is 2.31 bits per heavy atom. The second-order valence-electron chi connectivity index (χ2n) is 9.23. The number of nitrogens with zero attached hydrogens (tertiary/aromatic N) is 2. The zero-order chi connectivity index (χ0) is 22.8. The Labute approximate surface area is 195 Å². The van der Waals surface area contributed by atoms with Gasteiger partial charge in [-0.3, -0.25) is 4.99 Å². The van der Waals surface area contributed by atoms with E-state index in [0.29, 0.717) is 0 Å². The fourth-order valence-corrected chi connectivity index (χ4v) is 4.42. The van der Waals surface area contributed by atoms with Gasteiger partial charge in [0.2, 0.25) is 0 Å². The van der Waals surface area contributed by atoms with Gasteiger partial charge in [0.25, 0.3) is 0 Å². The van der Waals surface area contributed by atoms with E-state index in [0.717, 1.165) is 36.5 Å². The van der Waals surface area contributed by atoms with E-state index in [1.807, 2.05) is 0 Å². The molecule has 0 saturated carbocycles. The summed E-state index contributed by atoms with van der Waals surface area (Å²) in [7, 11) is 2.11. The molecule has 2 aliphatic heterocycles. The Hall–Kier alpha value is -2.07. The summed E-state index contributed by atoms with van der Waals surface area (Å²) in [6.45, 7) is 7.31. The van der Waals surface area contributed by atoms with E-state index in [9.17, 15) is 0 Å². The predicted molar refractivity (Wildman–Crippen MR) is 137 cm³/mol. The summed E-state index contributed by atoms with van der Waals surface area (Å²) in [6, 6.07) is 4.32. The fraction of sp³-hybridized carbons (Fsp3) is 0.607. The van der Waals surface area contributed by atoms with Crippen molar-refractivity contribution in [3.63, 3.8) is 0 Å². The third-order valence-corrected chi connectivity index (χ3v) is 6.53. The molecule has 0 aliphatic carbocycles. The van der Waals surface area contributed by atoms with Gasteiger partial charge in [-0.15, -0.1) is 0 Å². The van der Waals surface area contributed by atoms with Crippen molar-refractivity contribution in [2.24, 2.45) is 12.0 Å². The van der Waals surface area contributed by atoms with E-state index in [2.05, 4.69) is 68.1 Å². The van der Waals surface area contributed by atoms with Crippen LogP contribution in [0.4, 0.5) is 0 Å². The minimum atomic E-state index is -0.0596. The molecule has 1 unspecified atom stereocenters. The second kappa shape index (κ2) is 12.8. The molecular formula is C28H43N3O. The van der Waals surface area contributed by atoms with E-state index in [1.165, 1.54) is 74.9 Å². The van der Waals surface area contributed by atoms with Crippen molar-refractivity contribution < 1.29 is 4.74 Å². The topological polar surface area (TPSA) is 38.5 Å². The van der Waals surface area contributed by atoms with Crippen LogP contribution in [0, 0.1) is 6.92 Å². The molecule has 3 rings (SSSR count). The zero-order valence-electron chi connectivity index (χ0n) is 20.8. The molecule has 2 aliphatic rings. The maximum absolute atomic E-state index is 6.16. The summed E-state index contributed by atoms with van der Waals surface area (Å²) in [6.07, 6.45) is 20.8. The van der Waals surface area contributed by atoms with Crippen LogP contribution in [0.1, 0.15) is 95.9 Å². The molecule has 1 aromatic heterocycles. The highest BCUT2D eigenvalue weighted by molar-refractivity contribution is 5.98. The van der Waals surface area contributed by atoms with Gasteiger partial charge in [-0.25, -0.2) is 0 Å². The number of allylic oxidation sites excluding steroid dienone is 2. The molecule has 0 spiro atoms. The lowest BCUT2D eigenvalue weighted by Crippen LogP contribution is -2.19. The van der Waals surface area contributed by atoms with E-state index >= 15 is 0 Å². The van der Waals surface area contributed by atoms with Gasteiger partial charge in [0.15, 0.2) is 0 Å². The maximum atomic E-state index is 6.16. The molecule has 0 amide bonds. The Morgan fingerprint density at radius 2 is 1.66 bits per heavy atom. The van der Waals surface area contributed by atoms with E-state index < -0.39 is 0 Å². The number of hydrogen-bond donors (Lipinski definition) is 1. The first-order valence-corrected chi connectivity index (χ1v) is 12.9. The lowest BCUT2D eigenvalue weighted by Gasteiger charge is -2.14.